The van der Waals surface area contributed by atoms with Crippen LogP contribution in [0.25, 0.3) is 10.2 Å². The van der Waals surface area contributed by atoms with Crippen LogP contribution in [0.3, 0.4) is 0 Å². The average molecular weight is 425 g/mol. The fourth-order valence-electron chi connectivity index (χ4n) is 3.19. The van der Waals surface area contributed by atoms with Gasteiger partial charge >= 0.3 is 0 Å². The van der Waals surface area contributed by atoms with Gasteiger partial charge in [0, 0.05) is 5.02 Å². The number of aromatic nitrogens is 1. The molecule has 2 heterocycles. The minimum Gasteiger partial charge on any atom is -0.467 e. The fraction of sp³-hybridized carbons (Fsp3) is 0.217. The van der Waals surface area contributed by atoms with Crippen LogP contribution in [0, 0.1) is 6.92 Å². The maximum absolute atomic E-state index is 13.2. The highest BCUT2D eigenvalue weighted by atomic mass is 35.5. The number of carbonyl (C=O) groups excluding carboxylic acids is 1. The third-order valence-corrected chi connectivity index (χ3v) is 6.40. The molecule has 29 heavy (non-hydrogen) atoms. The first-order valence-corrected chi connectivity index (χ1v) is 10.7. The van der Waals surface area contributed by atoms with Gasteiger partial charge in [-0.25, -0.2) is 4.98 Å². The summed E-state index contributed by atoms with van der Waals surface area (Å²) in [5.41, 5.74) is 4.00. The minimum atomic E-state index is -0.0199. The van der Waals surface area contributed by atoms with Crippen molar-refractivity contribution in [2.45, 2.75) is 33.2 Å². The summed E-state index contributed by atoms with van der Waals surface area (Å²) in [4.78, 5) is 19.7. The van der Waals surface area contributed by atoms with Crippen LogP contribution in [0.1, 0.15) is 29.4 Å². The van der Waals surface area contributed by atoms with Gasteiger partial charge in [0.05, 0.1) is 29.4 Å². The van der Waals surface area contributed by atoms with E-state index in [0.29, 0.717) is 28.9 Å². The molecular formula is C23H21ClN2O2S. The van der Waals surface area contributed by atoms with Crippen molar-refractivity contribution in [2.75, 3.05) is 4.90 Å². The number of anilines is 1. The highest BCUT2D eigenvalue weighted by molar-refractivity contribution is 7.22. The number of amides is 1. The molecule has 0 atom stereocenters. The van der Waals surface area contributed by atoms with E-state index in [1.54, 1.807) is 11.2 Å². The number of aryl methyl sites for hydroxylation is 2. The van der Waals surface area contributed by atoms with Gasteiger partial charge in [-0.3, -0.25) is 9.69 Å². The Kier molecular flexibility index (Phi) is 5.69. The Labute approximate surface area is 178 Å². The molecule has 1 amide bonds. The van der Waals surface area contributed by atoms with Crippen LogP contribution in [-0.4, -0.2) is 10.9 Å². The Morgan fingerprint density at radius 3 is 2.59 bits per heavy atom. The molecule has 4 aromatic rings. The van der Waals surface area contributed by atoms with Gasteiger partial charge in [0.15, 0.2) is 5.13 Å². The Balaban J connectivity index is 1.67. The van der Waals surface area contributed by atoms with Crippen LogP contribution in [0.15, 0.2) is 59.2 Å². The van der Waals surface area contributed by atoms with Crippen LogP contribution in [0.2, 0.25) is 5.02 Å². The van der Waals surface area contributed by atoms with Crippen LogP contribution in [0.5, 0.6) is 0 Å². The summed E-state index contributed by atoms with van der Waals surface area (Å²) >= 11 is 7.74. The van der Waals surface area contributed by atoms with Crippen LogP contribution in [0.4, 0.5) is 5.13 Å². The van der Waals surface area contributed by atoms with Crippen molar-refractivity contribution in [2.24, 2.45) is 0 Å². The average Bonchev–Trinajstić information content (AvgIpc) is 3.39. The lowest BCUT2D eigenvalue weighted by Gasteiger charge is -2.19. The normalized spacial score (nSPS) is 11.1. The first-order valence-electron chi connectivity index (χ1n) is 9.51. The molecule has 4 nitrogen and oxygen atoms in total. The van der Waals surface area contributed by atoms with Gasteiger partial charge in [0.25, 0.3) is 0 Å². The van der Waals surface area contributed by atoms with E-state index in [0.717, 1.165) is 27.8 Å². The lowest BCUT2D eigenvalue weighted by atomic mass is 10.1. The molecule has 0 N–H and O–H groups in total. The molecular weight excluding hydrogens is 404 g/mol. The Bertz CT molecular complexity index is 1130. The second-order valence-corrected chi connectivity index (χ2v) is 8.34. The standard InChI is InChI=1S/C23H21ClN2O2S/c1-3-16-6-8-17(9-7-16)13-21(27)26(14-18-5-4-12-28-18)23-25-22-15(2)19(24)10-11-20(22)29-23/h4-12H,3,13-14H2,1-2H3. The van der Waals surface area contributed by atoms with Crippen molar-refractivity contribution >= 4 is 44.2 Å². The minimum absolute atomic E-state index is 0.0199. The van der Waals surface area contributed by atoms with Crippen molar-refractivity contribution in [3.8, 4) is 0 Å². The second-order valence-electron chi connectivity index (χ2n) is 6.92. The summed E-state index contributed by atoms with van der Waals surface area (Å²) in [6.07, 6.45) is 2.90. The summed E-state index contributed by atoms with van der Waals surface area (Å²) in [6, 6.07) is 15.7. The van der Waals surface area contributed by atoms with E-state index < -0.39 is 0 Å². The Morgan fingerprint density at radius 1 is 1.14 bits per heavy atom. The van der Waals surface area contributed by atoms with Gasteiger partial charge in [-0.15, -0.1) is 0 Å². The summed E-state index contributed by atoms with van der Waals surface area (Å²) in [6.45, 7) is 4.40. The molecule has 2 aromatic heterocycles. The third kappa shape index (κ3) is 4.21. The van der Waals surface area contributed by atoms with Crippen molar-refractivity contribution in [1.82, 2.24) is 4.98 Å². The number of thiazole rings is 1. The molecule has 0 spiro atoms. The van der Waals surface area contributed by atoms with E-state index in [1.807, 2.05) is 43.3 Å². The molecule has 0 saturated carbocycles. The zero-order valence-corrected chi connectivity index (χ0v) is 17.9. The number of carbonyl (C=O) groups is 1. The highest BCUT2D eigenvalue weighted by Crippen LogP contribution is 2.34. The number of halogens is 1. The molecule has 0 aliphatic heterocycles. The maximum atomic E-state index is 13.2. The first kappa shape index (κ1) is 19.7. The molecule has 0 aliphatic carbocycles. The second kappa shape index (κ2) is 8.39. The number of hydrogen-bond acceptors (Lipinski definition) is 4. The molecule has 4 rings (SSSR count). The molecule has 148 valence electrons. The van der Waals surface area contributed by atoms with Crippen molar-refractivity contribution in [3.05, 3.63) is 82.3 Å². The van der Waals surface area contributed by atoms with Crippen LogP contribution < -0.4 is 4.90 Å². The van der Waals surface area contributed by atoms with Gasteiger partial charge in [-0.05, 0) is 54.3 Å². The van der Waals surface area contributed by atoms with Crippen molar-refractivity contribution in [1.29, 1.82) is 0 Å². The summed E-state index contributed by atoms with van der Waals surface area (Å²) in [5, 5.41) is 1.33. The largest absolute Gasteiger partial charge is 0.467 e. The van der Waals surface area contributed by atoms with Crippen LogP contribution >= 0.6 is 22.9 Å². The van der Waals surface area contributed by atoms with Gasteiger partial charge in [-0.1, -0.05) is 54.1 Å². The molecule has 0 saturated heterocycles. The van der Waals surface area contributed by atoms with E-state index in [-0.39, 0.29) is 5.91 Å². The smallest absolute Gasteiger partial charge is 0.233 e. The summed E-state index contributed by atoms with van der Waals surface area (Å²) in [7, 11) is 0. The fourth-order valence-corrected chi connectivity index (χ4v) is 4.38. The topological polar surface area (TPSA) is 46.3 Å². The maximum Gasteiger partial charge on any atom is 0.233 e. The summed E-state index contributed by atoms with van der Waals surface area (Å²) < 4.78 is 6.50. The third-order valence-electron chi connectivity index (χ3n) is 4.95. The number of benzene rings is 2. The van der Waals surface area contributed by atoms with Gasteiger partial charge < -0.3 is 4.42 Å². The summed E-state index contributed by atoms with van der Waals surface area (Å²) in [5.74, 6) is 0.696. The number of furan rings is 1. The van der Waals surface area contributed by atoms with E-state index >= 15 is 0 Å². The molecule has 0 fully saturated rings. The molecule has 2 aromatic carbocycles. The van der Waals surface area contributed by atoms with E-state index in [4.69, 9.17) is 21.0 Å². The number of fused-ring (bicyclic) bond motifs is 1. The van der Waals surface area contributed by atoms with E-state index in [9.17, 15) is 4.79 Å². The predicted octanol–water partition coefficient (Wildman–Crippen LogP) is 6.19. The highest BCUT2D eigenvalue weighted by Gasteiger charge is 2.22. The monoisotopic (exact) mass is 424 g/mol. The zero-order chi connectivity index (χ0) is 20.4. The van der Waals surface area contributed by atoms with Gasteiger partial charge in [0.1, 0.15) is 5.76 Å². The molecule has 6 heteroatoms. The molecule has 0 unspecified atom stereocenters. The molecule has 0 bridgehead atoms. The van der Waals surface area contributed by atoms with Crippen molar-refractivity contribution in [3.63, 3.8) is 0 Å². The number of nitrogens with zero attached hydrogens (tertiary/aromatic N) is 2. The molecule has 0 radical (unpaired) electrons. The quantitative estimate of drug-likeness (QED) is 0.370. The van der Waals surface area contributed by atoms with Gasteiger partial charge in [-0.2, -0.15) is 0 Å². The SMILES string of the molecule is CCc1ccc(CC(=O)N(Cc2ccco2)c2nc3c(C)c(Cl)ccc3s2)cc1. The Morgan fingerprint density at radius 2 is 1.90 bits per heavy atom. The molecule has 0 aliphatic rings. The lowest BCUT2D eigenvalue weighted by molar-refractivity contribution is -0.118. The predicted molar refractivity (Wildman–Crippen MR) is 119 cm³/mol. The zero-order valence-electron chi connectivity index (χ0n) is 16.3. The van der Waals surface area contributed by atoms with E-state index in [2.05, 4.69) is 19.1 Å². The van der Waals surface area contributed by atoms with Crippen molar-refractivity contribution < 1.29 is 9.21 Å². The lowest BCUT2D eigenvalue weighted by Crippen LogP contribution is -2.31. The number of rotatable bonds is 6. The van der Waals surface area contributed by atoms with Gasteiger partial charge in [0.2, 0.25) is 5.91 Å². The first-order chi connectivity index (χ1) is 14.0. The Hall–Kier alpha value is -2.63. The number of hydrogen-bond donors (Lipinski definition) is 0. The van der Waals surface area contributed by atoms with E-state index in [1.165, 1.54) is 16.9 Å². The van der Waals surface area contributed by atoms with Crippen LogP contribution in [-0.2, 0) is 24.2 Å².